The molecule has 1 aromatic heterocycles. The number of rotatable bonds is 19. The van der Waals surface area contributed by atoms with Crippen molar-refractivity contribution in [2.24, 2.45) is 17.8 Å². The third-order valence-corrected chi connectivity index (χ3v) is 11.6. The van der Waals surface area contributed by atoms with E-state index in [9.17, 15) is 28.2 Å². The van der Waals surface area contributed by atoms with Crippen LogP contribution in [0.2, 0.25) is 0 Å². The second-order valence-electron chi connectivity index (χ2n) is 13.4. The molecule has 0 aliphatic heterocycles. The fourth-order valence-electron chi connectivity index (χ4n) is 6.54. The molecule has 2 saturated carbocycles. The Balaban J connectivity index is 1.49. The molecule has 258 valence electrons. The van der Waals surface area contributed by atoms with Crippen LogP contribution in [-0.4, -0.2) is 87.9 Å². The maximum absolute atomic E-state index is 13.9. The van der Waals surface area contributed by atoms with Gasteiger partial charge in [0.2, 0.25) is 15.9 Å². The number of amides is 2. The number of aliphatic hydroxyl groups is 2. The molecule has 47 heavy (non-hydrogen) atoms. The number of nitrogens with zero attached hydrogens (tertiary/aromatic N) is 3. The monoisotopic (exact) mass is 670 g/mol. The van der Waals surface area contributed by atoms with Gasteiger partial charge in [0.05, 0.1) is 24.1 Å². The van der Waals surface area contributed by atoms with Gasteiger partial charge in [0, 0.05) is 45.4 Å². The molecule has 0 saturated heterocycles. The lowest BCUT2D eigenvalue weighted by Crippen LogP contribution is -2.98. The number of terminal acetylenes is 1. The number of likely N-dealkylation sites (N-methyl/N-ethyl adjacent to an activating group) is 1. The normalized spacial score (nSPS) is 19.0. The van der Waals surface area contributed by atoms with E-state index in [0.29, 0.717) is 18.9 Å². The van der Waals surface area contributed by atoms with Crippen molar-refractivity contribution in [1.82, 2.24) is 19.2 Å². The van der Waals surface area contributed by atoms with E-state index in [2.05, 4.69) is 16.2 Å². The van der Waals surface area contributed by atoms with Crippen molar-refractivity contribution in [3.63, 3.8) is 0 Å². The first-order valence-electron chi connectivity index (χ1n) is 17.0. The van der Waals surface area contributed by atoms with Gasteiger partial charge in [-0.3, -0.25) is 10.1 Å². The van der Waals surface area contributed by atoms with Gasteiger partial charge in [-0.15, -0.1) is 12.3 Å². The molecule has 1 aromatic carbocycles. The molecule has 5 atom stereocenters. The van der Waals surface area contributed by atoms with Gasteiger partial charge < -0.3 is 20.1 Å². The summed E-state index contributed by atoms with van der Waals surface area (Å²) in [6.07, 6.45) is 16.9. The zero-order valence-corrected chi connectivity index (χ0v) is 28.3. The van der Waals surface area contributed by atoms with E-state index in [4.69, 9.17) is 6.42 Å². The minimum Gasteiger partial charge on any atom is -0.390 e. The summed E-state index contributed by atoms with van der Waals surface area (Å²) in [5.74, 6) is 0.591. The Bertz CT molecular complexity index is 1400. The second-order valence-corrected chi connectivity index (χ2v) is 15.5. The number of aromatic nitrogens is 2. The highest BCUT2D eigenvalue weighted by molar-refractivity contribution is 7.89. The molecule has 2 aromatic rings. The zero-order chi connectivity index (χ0) is 33.8. The number of hydrogen-bond donors (Lipinski definition) is 4. The van der Waals surface area contributed by atoms with Gasteiger partial charge >= 0.3 is 5.91 Å². The van der Waals surface area contributed by atoms with E-state index in [1.54, 1.807) is 23.3 Å². The number of quaternary nitrogens is 1. The van der Waals surface area contributed by atoms with Crippen LogP contribution >= 0.6 is 0 Å². The minimum absolute atomic E-state index is 0.0399. The lowest BCUT2D eigenvalue weighted by molar-refractivity contribution is -0.620. The van der Waals surface area contributed by atoms with Crippen LogP contribution in [0.25, 0.3) is 0 Å². The SMILES string of the molecule is C#CCC[C@H](NC(=O)[C@H](Cc1ccccc1)CS(=O)(=O)N(C)CCn1ccnc1)C(=O)[NH2+]C(CC1CCCCC1)[C@@H](O)[C@@H](O)C1CC1. The Kier molecular flexibility index (Phi) is 14.0. The number of sulfonamides is 1. The Morgan fingerprint density at radius 3 is 2.51 bits per heavy atom. The molecular formula is C35H52N5O6S+. The fourth-order valence-corrected chi connectivity index (χ4v) is 7.93. The highest BCUT2D eigenvalue weighted by atomic mass is 32.2. The summed E-state index contributed by atoms with van der Waals surface area (Å²) in [6.45, 7) is 0.612. The number of carbonyl (C=O) groups excluding carboxylic acids is 2. The van der Waals surface area contributed by atoms with Gasteiger partial charge in [0.25, 0.3) is 0 Å². The number of imidazole rings is 1. The minimum atomic E-state index is -3.86. The molecule has 1 unspecified atom stereocenters. The highest BCUT2D eigenvalue weighted by Gasteiger charge is 2.42. The molecule has 2 aliphatic rings. The van der Waals surface area contributed by atoms with Crippen molar-refractivity contribution in [1.29, 1.82) is 0 Å². The maximum Gasteiger partial charge on any atom is 0.333 e. The number of hydrogen-bond acceptors (Lipinski definition) is 7. The number of nitrogens with two attached hydrogens (primary N) is 1. The smallest absolute Gasteiger partial charge is 0.333 e. The Labute approximate surface area is 279 Å². The average molecular weight is 671 g/mol. The number of nitrogens with one attached hydrogen (secondary N) is 1. The largest absolute Gasteiger partial charge is 0.390 e. The van der Waals surface area contributed by atoms with Crippen LogP contribution in [0.3, 0.4) is 0 Å². The van der Waals surface area contributed by atoms with E-state index >= 15 is 0 Å². The zero-order valence-electron chi connectivity index (χ0n) is 27.5. The van der Waals surface area contributed by atoms with Gasteiger partial charge in [0.15, 0.2) is 0 Å². The molecule has 0 radical (unpaired) electrons. The fraction of sp³-hybridized carbons (Fsp3) is 0.629. The van der Waals surface area contributed by atoms with Crippen molar-refractivity contribution in [3.8, 4) is 12.3 Å². The molecule has 5 N–H and O–H groups in total. The second kappa shape index (κ2) is 17.9. The summed E-state index contributed by atoms with van der Waals surface area (Å²) in [6, 6.07) is 7.64. The molecule has 2 aliphatic carbocycles. The first-order valence-corrected chi connectivity index (χ1v) is 18.6. The van der Waals surface area contributed by atoms with Crippen LogP contribution in [0.1, 0.15) is 69.8 Å². The molecule has 4 rings (SSSR count). The summed E-state index contributed by atoms with van der Waals surface area (Å²) in [5.41, 5.74) is 0.798. The van der Waals surface area contributed by atoms with Crippen molar-refractivity contribution < 1.29 is 33.5 Å². The van der Waals surface area contributed by atoms with Crippen LogP contribution in [-0.2, 0) is 32.6 Å². The summed E-state index contributed by atoms with van der Waals surface area (Å²) >= 11 is 0. The molecule has 1 heterocycles. The molecular weight excluding hydrogens is 618 g/mol. The van der Waals surface area contributed by atoms with Crippen LogP contribution in [0.15, 0.2) is 49.1 Å². The van der Waals surface area contributed by atoms with Crippen LogP contribution < -0.4 is 10.6 Å². The molecule has 2 amide bonds. The Hall–Kier alpha value is -3.08. The first-order chi connectivity index (χ1) is 22.6. The lowest BCUT2D eigenvalue weighted by Gasteiger charge is -2.30. The van der Waals surface area contributed by atoms with Gasteiger partial charge in [-0.1, -0.05) is 62.4 Å². The van der Waals surface area contributed by atoms with Crippen molar-refractivity contribution >= 4 is 21.8 Å². The van der Waals surface area contributed by atoms with Crippen molar-refractivity contribution in [2.75, 3.05) is 19.3 Å². The molecule has 2 fully saturated rings. The Morgan fingerprint density at radius 2 is 1.87 bits per heavy atom. The van der Waals surface area contributed by atoms with Gasteiger partial charge in [0.1, 0.15) is 18.2 Å². The number of primary amides is 1. The Morgan fingerprint density at radius 1 is 1.15 bits per heavy atom. The molecule has 12 heteroatoms. The summed E-state index contributed by atoms with van der Waals surface area (Å²) in [7, 11) is -2.36. The van der Waals surface area contributed by atoms with Crippen molar-refractivity contribution in [3.05, 3.63) is 54.6 Å². The number of aliphatic hydroxyl groups excluding tert-OH is 2. The summed E-state index contributed by atoms with van der Waals surface area (Å²) in [5, 5.41) is 26.4. The lowest BCUT2D eigenvalue weighted by atomic mass is 9.82. The van der Waals surface area contributed by atoms with Gasteiger partial charge in [-0.05, 0) is 43.1 Å². The summed E-state index contributed by atoms with van der Waals surface area (Å²) < 4.78 is 30.0. The van der Waals surface area contributed by atoms with Gasteiger partial charge in [-0.2, -0.15) is 0 Å². The topological polar surface area (TPSA) is 158 Å². The van der Waals surface area contributed by atoms with E-state index in [1.807, 2.05) is 30.3 Å². The predicted octanol–water partition coefficient (Wildman–Crippen LogP) is 1.46. The van der Waals surface area contributed by atoms with Crippen LogP contribution in [0.4, 0.5) is 0 Å². The quantitative estimate of drug-likeness (QED) is 0.165. The standard InChI is InChI=1S/C35H51N5O6S/c1-3-4-15-30(35(44)38-31(23-27-13-9-6-10-14-27)33(42)32(41)28-16-17-28)37-34(43)29(22-26-11-7-5-8-12-26)24-47(45,46)39(2)20-21-40-19-18-36-25-40/h1,5,7-8,11-12,18-19,25,27-33,41-42H,4,6,9-10,13-17,20-24H2,2H3,(H,37,43)(H,38,44)/p+1/t29-,30+,31?,32+,33-/m1/s1. The number of benzene rings is 1. The van der Waals surface area contributed by atoms with Gasteiger partial charge in [-0.25, -0.2) is 22.5 Å². The molecule has 0 bridgehead atoms. The van der Waals surface area contributed by atoms with E-state index in [1.165, 1.54) is 23.1 Å². The maximum atomic E-state index is 13.9. The third-order valence-electron chi connectivity index (χ3n) is 9.65. The van der Waals surface area contributed by atoms with Crippen molar-refractivity contribution in [2.45, 2.75) is 101 Å². The number of carbonyl (C=O) groups is 2. The van der Waals surface area contributed by atoms with Crippen LogP contribution in [0, 0.1) is 30.1 Å². The summed E-state index contributed by atoms with van der Waals surface area (Å²) in [4.78, 5) is 31.7. The van der Waals surface area contributed by atoms with E-state index < -0.39 is 51.9 Å². The molecule has 0 spiro atoms. The van der Waals surface area contributed by atoms with E-state index in [0.717, 1.165) is 44.1 Å². The van der Waals surface area contributed by atoms with Crippen LogP contribution in [0.5, 0.6) is 0 Å². The highest BCUT2D eigenvalue weighted by Crippen LogP contribution is 2.35. The average Bonchev–Trinajstić information content (AvgIpc) is 3.79. The van der Waals surface area contributed by atoms with E-state index in [-0.39, 0.29) is 37.6 Å². The molecule has 11 nitrogen and oxygen atoms in total. The third kappa shape index (κ3) is 11.5. The first kappa shape index (κ1) is 36.8. The predicted molar refractivity (Wildman–Crippen MR) is 179 cm³/mol.